The molecule has 0 unspecified atom stereocenters. The first-order valence-electron chi connectivity index (χ1n) is 7.54. The fourth-order valence-electron chi connectivity index (χ4n) is 2.17. The van der Waals surface area contributed by atoms with E-state index in [-0.39, 0.29) is 17.7 Å². The lowest BCUT2D eigenvalue weighted by Gasteiger charge is -2.30. The topological polar surface area (TPSA) is 115 Å². The molecule has 1 atom stereocenters. The minimum Gasteiger partial charge on any atom is -0.286 e. The maximum Gasteiger partial charge on any atom is 0.294 e. The first-order chi connectivity index (χ1) is 11.6. The first-order valence-corrected chi connectivity index (χ1v) is 7.54. The van der Waals surface area contributed by atoms with Crippen LogP contribution in [0.4, 0.5) is 11.6 Å². The summed E-state index contributed by atoms with van der Waals surface area (Å²) in [4.78, 5) is 32.9. The van der Waals surface area contributed by atoms with Crippen LogP contribution >= 0.6 is 0 Å². The molecule has 9 heteroatoms. The molecule has 2 amide bonds. The van der Waals surface area contributed by atoms with Crippen molar-refractivity contribution in [3.05, 3.63) is 36.2 Å². The third-order valence-electron chi connectivity index (χ3n) is 3.44. The van der Waals surface area contributed by atoms with Crippen LogP contribution in [0.5, 0.6) is 0 Å². The van der Waals surface area contributed by atoms with E-state index in [1.54, 1.807) is 31.2 Å². The maximum atomic E-state index is 12.4. The maximum absolute atomic E-state index is 12.4. The van der Waals surface area contributed by atoms with Crippen molar-refractivity contribution >= 4 is 29.3 Å². The molecule has 0 spiro atoms. The molecule has 124 valence electrons. The number of hydrazine groups is 1. The number of nitrogens with zero attached hydrogens (tertiary/aromatic N) is 4. The number of aliphatic imine (C=N–C) groups is 1. The predicted molar refractivity (Wildman–Crippen MR) is 88.4 cm³/mol. The molecule has 24 heavy (non-hydrogen) atoms. The van der Waals surface area contributed by atoms with Gasteiger partial charge in [0.25, 0.3) is 11.8 Å². The monoisotopic (exact) mass is 327 g/mol. The Morgan fingerprint density at radius 1 is 1.33 bits per heavy atom. The number of hydrogen-bond donors (Lipinski definition) is 3. The smallest absolute Gasteiger partial charge is 0.286 e. The highest BCUT2D eigenvalue weighted by atomic mass is 16.2. The van der Waals surface area contributed by atoms with Crippen molar-refractivity contribution in [3.8, 4) is 0 Å². The number of aryl methyl sites for hydroxylation is 1. The summed E-state index contributed by atoms with van der Waals surface area (Å²) in [7, 11) is 0. The molecule has 3 rings (SSSR count). The van der Waals surface area contributed by atoms with Gasteiger partial charge in [-0.25, -0.2) is 10.0 Å². The number of H-pyrrole nitrogens is 1. The number of hydrogen-bond acceptors (Lipinski definition) is 6. The summed E-state index contributed by atoms with van der Waals surface area (Å²) >= 11 is 0. The Kier molecular flexibility index (Phi) is 4.23. The Balaban J connectivity index is 1.78. The van der Waals surface area contributed by atoms with Gasteiger partial charge in [0.2, 0.25) is 11.8 Å². The van der Waals surface area contributed by atoms with E-state index >= 15 is 0 Å². The normalized spacial score (nSPS) is 17.2. The molecule has 1 aliphatic heterocycles. The van der Waals surface area contributed by atoms with Gasteiger partial charge in [0.05, 0.1) is 5.69 Å². The number of carbonyl (C=O) groups excluding carboxylic acids is 2. The Morgan fingerprint density at radius 2 is 2.08 bits per heavy atom. The summed E-state index contributed by atoms with van der Waals surface area (Å²) in [5, 5.41) is 10.5. The summed E-state index contributed by atoms with van der Waals surface area (Å²) in [5.41, 5.74) is 3.37. The van der Waals surface area contributed by atoms with E-state index in [4.69, 9.17) is 0 Å². The van der Waals surface area contributed by atoms with Crippen molar-refractivity contribution in [2.45, 2.75) is 26.3 Å². The fraction of sp³-hybridized carbons (Fsp3) is 0.267. The standard InChI is InChI=1S/C15H17N7O2/c1-3-11-17-15(20-19-11)18-13(23)12-16-9(2)14(24)22(21-12)10-7-5-4-6-8-10/h4-9H,3H2,1-2H3,(H,16,21)(H2,17,18,19,20,23)/t9-/m1/s1. The molecule has 1 aliphatic rings. The van der Waals surface area contributed by atoms with Crippen LogP contribution in [0, 0.1) is 0 Å². The first kappa shape index (κ1) is 15.7. The van der Waals surface area contributed by atoms with Gasteiger partial charge in [-0.05, 0) is 19.1 Å². The van der Waals surface area contributed by atoms with Gasteiger partial charge in [0, 0.05) is 6.42 Å². The average Bonchev–Trinajstić information content (AvgIpc) is 3.05. The second-order valence-electron chi connectivity index (χ2n) is 5.19. The number of amides is 2. The Bertz CT molecular complexity index is 784. The molecule has 3 N–H and O–H groups in total. The Morgan fingerprint density at radius 3 is 2.75 bits per heavy atom. The van der Waals surface area contributed by atoms with Crippen LogP contribution in [0.25, 0.3) is 0 Å². The van der Waals surface area contributed by atoms with Crippen LogP contribution in [0.15, 0.2) is 35.3 Å². The van der Waals surface area contributed by atoms with Crippen molar-refractivity contribution in [3.63, 3.8) is 0 Å². The number of aromatic amines is 1. The number of benzene rings is 1. The van der Waals surface area contributed by atoms with Gasteiger partial charge in [0.1, 0.15) is 11.9 Å². The molecule has 0 saturated carbocycles. The summed E-state index contributed by atoms with van der Waals surface area (Å²) in [5.74, 6) is 0.0881. The van der Waals surface area contributed by atoms with Gasteiger partial charge in [-0.2, -0.15) is 4.98 Å². The van der Waals surface area contributed by atoms with Crippen molar-refractivity contribution in [1.82, 2.24) is 20.6 Å². The largest absolute Gasteiger partial charge is 0.294 e. The minimum absolute atomic E-state index is 0.0220. The molecule has 0 bridgehead atoms. The van der Waals surface area contributed by atoms with Crippen LogP contribution < -0.4 is 15.8 Å². The zero-order valence-electron chi connectivity index (χ0n) is 13.3. The van der Waals surface area contributed by atoms with Crippen molar-refractivity contribution in [2.24, 2.45) is 4.99 Å². The van der Waals surface area contributed by atoms with E-state index in [2.05, 4.69) is 30.9 Å². The molecule has 0 aliphatic carbocycles. The molecule has 2 heterocycles. The van der Waals surface area contributed by atoms with Crippen molar-refractivity contribution < 1.29 is 9.59 Å². The van der Waals surface area contributed by atoms with Gasteiger partial charge < -0.3 is 0 Å². The van der Waals surface area contributed by atoms with Crippen molar-refractivity contribution in [2.75, 3.05) is 10.3 Å². The molecule has 1 aromatic carbocycles. The lowest BCUT2D eigenvalue weighted by atomic mass is 10.2. The van der Waals surface area contributed by atoms with E-state index < -0.39 is 11.9 Å². The van der Waals surface area contributed by atoms with E-state index in [1.807, 2.05) is 13.0 Å². The fourth-order valence-corrected chi connectivity index (χ4v) is 2.17. The molecule has 0 fully saturated rings. The quantitative estimate of drug-likeness (QED) is 0.762. The summed E-state index contributed by atoms with van der Waals surface area (Å²) in [6, 6.07) is 8.31. The zero-order chi connectivity index (χ0) is 17.1. The van der Waals surface area contributed by atoms with Gasteiger partial charge in [-0.15, -0.1) is 5.10 Å². The second-order valence-corrected chi connectivity index (χ2v) is 5.19. The second kappa shape index (κ2) is 6.49. The van der Waals surface area contributed by atoms with Gasteiger partial charge in [0.15, 0.2) is 0 Å². The van der Waals surface area contributed by atoms with E-state index in [0.29, 0.717) is 17.9 Å². The molecule has 2 aromatic rings. The van der Waals surface area contributed by atoms with Crippen LogP contribution in [0.3, 0.4) is 0 Å². The SMILES string of the molecule is CCc1nc(NC(=O)C2=N[C@H](C)C(=O)N(c3ccccc3)N2)n[nH]1. The molecule has 0 radical (unpaired) electrons. The lowest BCUT2D eigenvalue weighted by Crippen LogP contribution is -2.57. The zero-order valence-corrected chi connectivity index (χ0v) is 13.3. The van der Waals surface area contributed by atoms with E-state index in [0.717, 1.165) is 0 Å². The van der Waals surface area contributed by atoms with Gasteiger partial charge in [-0.1, -0.05) is 25.1 Å². The number of para-hydroxylation sites is 1. The number of amidine groups is 1. The Labute approximate surface area is 138 Å². The van der Waals surface area contributed by atoms with Crippen LogP contribution in [-0.2, 0) is 16.0 Å². The summed E-state index contributed by atoms with van der Waals surface area (Å²) in [6.45, 7) is 3.55. The highest BCUT2D eigenvalue weighted by Crippen LogP contribution is 2.16. The Hall–Kier alpha value is -3.23. The van der Waals surface area contributed by atoms with E-state index in [1.165, 1.54) is 5.01 Å². The number of rotatable bonds is 4. The molecule has 0 saturated heterocycles. The minimum atomic E-state index is -0.675. The lowest BCUT2D eigenvalue weighted by molar-refractivity contribution is -0.120. The molecular formula is C15H17N7O2. The summed E-state index contributed by atoms with van der Waals surface area (Å²) in [6.07, 6.45) is 0.676. The van der Waals surface area contributed by atoms with Crippen LogP contribution in [0.2, 0.25) is 0 Å². The number of carbonyl (C=O) groups is 2. The molecule has 1 aromatic heterocycles. The van der Waals surface area contributed by atoms with Gasteiger partial charge >= 0.3 is 0 Å². The van der Waals surface area contributed by atoms with Crippen LogP contribution in [0.1, 0.15) is 19.7 Å². The number of aromatic nitrogens is 3. The number of anilines is 2. The number of nitrogens with one attached hydrogen (secondary N) is 3. The molecular weight excluding hydrogens is 310 g/mol. The third-order valence-corrected chi connectivity index (χ3v) is 3.44. The predicted octanol–water partition coefficient (Wildman–Crippen LogP) is 0.644. The van der Waals surface area contributed by atoms with Crippen LogP contribution in [-0.4, -0.2) is 38.9 Å². The summed E-state index contributed by atoms with van der Waals surface area (Å²) < 4.78 is 0. The van der Waals surface area contributed by atoms with E-state index in [9.17, 15) is 9.59 Å². The molecule has 9 nitrogen and oxygen atoms in total. The van der Waals surface area contributed by atoms with Gasteiger partial charge in [-0.3, -0.25) is 25.4 Å². The third kappa shape index (κ3) is 3.09. The average molecular weight is 327 g/mol. The van der Waals surface area contributed by atoms with Crippen molar-refractivity contribution in [1.29, 1.82) is 0 Å². The highest BCUT2D eigenvalue weighted by Gasteiger charge is 2.31. The highest BCUT2D eigenvalue weighted by molar-refractivity contribution is 6.43.